The SMILES string of the molecule is CCCCCCc1c(N)c2ccccc2oc1=O. The zero-order chi connectivity index (χ0) is 13.0. The molecule has 0 saturated heterocycles. The minimum absolute atomic E-state index is 0.289. The summed E-state index contributed by atoms with van der Waals surface area (Å²) >= 11 is 0. The molecule has 2 aromatic rings. The number of rotatable bonds is 5. The summed E-state index contributed by atoms with van der Waals surface area (Å²) in [4.78, 5) is 11.9. The number of hydrogen-bond acceptors (Lipinski definition) is 3. The number of anilines is 1. The van der Waals surface area contributed by atoms with Crippen molar-refractivity contribution in [2.24, 2.45) is 0 Å². The molecular formula is C15H19NO2. The molecule has 1 heterocycles. The Morgan fingerprint density at radius 2 is 1.94 bits per heavy atom. The second kappa shape index (κ2) is 5.71. The van der Waals surface area contributed by atoms with Crippen molar-refractivity contribution in [2.45, 2.75) is 39.0 Å². The van der Waals surface area contributed by atoms with Gasteiger partial charge in [-0.05, 0) is 25.0 Å². The van der Waals surface area contributed by atoms with Crippen LogP contribution >= 0.6 is 0 Å². The van der Waals surface area contributed by atoms with E-state index in [0.717, 1.165) is 18.2 Å². The molecule has 0 saturated carbocycles. The number of unbranched alkanes of at least 4 members (excludes halogenated alkanes) is 3. The molecule has 0 spiro atoms. The molecule has 2 N–H and O–H groups in total. The molecule has 0 aliphatic rings. The van der Waals surface area contributed by atoms with Gasteiger partial charge in [0.2, 0.25) is 0 Å². The van der Waals surface area contributed by atoms with Crippen LogP contribution in [0.2, 0.25) is 0 Å². The van der Waals surface area contributed by atoms with E-state index in [1.54, 1.807) is 6.07 Å². The number of hydrogen-bond donors (Lipinski definition) is 1. The fourth-order valence-electron chi connectivity index (χ4n) is 2.18. The number of nitrogen functional groups attached to an aromatic ring is 1. The number of nitrogens with two attached hydrogens (primary N) is 1. The Labute approximate surface area is 107 Å². The van der Waals surface area contributed by atoms with Crippen molar-refractivity contribution < 1.29 is 4.42 Å². The van der Waals surface area contributed by atoms with E-state index >= 15 is 0 Å². The lowest BCUT2D eigenvalue weighted by Gasteiger charge is -2.06. The molecule has 96 valence electrons. The Morgan fingerprint density at radius 1 is 1.17 bits per heavy atom. The summed E-state index contributed by atoms with van der Waals surface area (Å²) in [6.45, 7) is 2.17. The van der Waals surface area contributed by atoms with Crippen molar-refractivity contribution in [3.63, 3.8) is 0 Å². The summed E-state index contributed by atoms with van der Waals surface area (Å²) in [6.07, 6.45) is 5.20. The van der Waals surface area contributed by atoms with Crippen molar-refractivity contribution >= 4 is 16.7 Å². The average molecular weight is 245 g/mol. The lowest BCUT2D eigenvalue weighted by atomic mass is 10.0. The third kappa shape index (κ3) is 2.55. The Bertz CT molecular complexity index is 587. The molecule has 3 heteroatoms. The van der Waals surface area contributed by atoms with Crippen molar-refractivity contribution in [3.05, 3.63) is 40.2 Å². The topological polar surface area (TPSA) is 56.2 Å². The van der Waals surface area contributed by atoms with Gasteiger partial charge in [-0.3, -0.25) is 0 Å². The maximum Gasteiger partial charge on any atom is 0.341 e. The summed E-state index contributed by atoms with van der Waals surface area (Å²) < 4.78 is 5.30. The smallest absolute Gasteiger partial charge is 0.341 e. The van der Waals surface area contributed by atoms with Crippen LogP contribution in [-0.2, 0) is 6.42 Å². The van der Waals surface area contributed by atoms with E-state index < -0.39 is 0 Å². The molecule has 0 unspecified atom stereocenters. The van der Waals surface area contributed by atoms with Crippen molar-refractivity contribution in [3.8, 4) is 0 Å². The molecule has 3 nitrogen and oxygen atoms in total. The molecule has 1 aromatic heterocycles. The molecule has 0 fully saturated rings. The molecule has 0 radical (unpaired) electrons. The Kier molecular flexibility index (Phi) is 4.03. The fraction of sp³-hybridized carbons (Fsp3) is 0.400. The first-order valence-electron chi connectivity index (χ1n) is 6.54. The van der Waals surface area contributed by atoms with Gasteiger partial charge in [-0.2, -0.15) is 0 Å². The van der Waals surface area contributed by atoms with E-state index in [1.165, 1.54) is 12.8 Å². The standard InChI is InChI=1S/C15H19NO2/c1-2-3-4-5-9-12-14(16)11-8-6-7-10-13(11)18-15(12)17/h6-8,10H,2-5,9,16H2,1H3. The minimum Gasteiger partial charge on any atom is -0.422 e. The number of fused-ring (bicyclic) bond motifs is 1. The zero-order valence-electron chi connectivity index (χ0n) is 10.7. The fourth-order valence-corrected chi connectivity index (χ4v) is 2.18. The van der Waals surface area contributed by atoms with Gasteiger partial charge in [0.15, 0.2) is 0 Å². The molecule has 0 aliphatic carbocycles. The van der Waals surface area contributed by atoms with E-state index in [-0.39, 0.29) is 5.63 Å². The predicted molar refractivity (Wildman–Crippen MR) is 74.7 cm³/mol. The largest absolute Gasteiger partial charge is 0.422 e. The summed E-state index contributed by atoms with van der Waals surface area (Å²) in [5.74, 6) is 0. The molecule has 0 atom stereocenters. The average Bonchev–Trinajstić information content (AvgIpc) is 2.38. The second-order valence-corrected chi connectivity index (χ2v) is 4.59. The Hall–Kier alpha value is -1.77. The lowest BCUT2D eigenvalue weighted by molar-refractivity contribution is 0.546. The zero-order valence-corrected chi connectivity index (χ0v) is 10.7. The molecule has 0 bridgehead atoms. The molecular weight excluding hydrogens is 226 g/mol. The van der Waals surface area contributed by atoms with E-state index in [2.05, 4.69) is 6.92 Å². The highest BCUT2D eigenvalue weighted by Crippen LogP contribution is 2.23. The summed E-state index contributed by atoms with van der Waals surface area (Å²) in [5.41, 5.74) is 7.56. The van der Waals surface area contributed by atoms with Crippen LogP contribution in [-0.4, -0.2) is 0 Å². The van der Waals surface area contributed by atoms with Gasteiger partial charge in [-0.1, -0.05) is 38.3 Å². The van der Waals surface area contributed by atoms with Crippen LogP contribution in [0.25, 0.3) is 11.0 Å². The third-order valence-electron chi connectivity index (χ3n) is 3.23. The number of para-hydroxylation sites is 1. The van der Waals surface area contributed by atoms with Gasteiger partial charge in [-0.15, -0.1) is 0 Å². The van der Waals surface area contributed by atoms with E-state index in [1.807, 2.05) is 18.2 Å². The maximum absolute atomic E-state index is 11.9. The molecule has 2 rings (SSSR count). The highest BCUT2D eigenvalue weighted by molar-refractivity contribution is 5.89. The first kappa shape index (κ1) is 12.7. The molecule has 1 aromatic carbocycles. The highest BCUT2D eigenvalue weighted by Gasteiger charge is 2.11. The molecule has 0 amide bonds. The normalized spacial score (nSPS) is 10.9. The van der Waals surface area contributed by atoms with Gasteiger partial charge in [-0.25, -0.2) is 4.79 Å². The maximum atomic E-state index is 11.9. The van der Waals surface area contributed by atoms with Crippen LogP contribution in [0.5, 0.6) is 0 Å². The monoisotopic (exact) mass is 245 g/mol. The van der Waals surface area contributed by atoms with Gasteiger partial charge >= 0.3 is 5.63 Å². The van der Waals surface area contributed by atoms with Gasteiger partial charge in [0.1, 0.15) is 5.58 Å². The van der Waals surface area contributed by atoms with Gasteiger partial charge in [0.25, 0.3) is 0 Å². The minimum atomic E-state index is -0.289. The number of benzene rings is 1. The summed E-state index contributed by atoms with van der Waals surface area (Å²) in [7, 11) is 0. The van der Waals surface area contributed by atoms with Crippen molar-refractivity contribution in [1.82, 2.24) is 0 Å². The first-order valence-corrected chi connectivity index (χ1v) is 6.54. The van der Waals surface area contributed by atoms with E-state index in [4.69, 9.17) is 10.2 Å². The van der Waals surface area contributed by atoms with Gasteiger partial charge in [0, 0.05) is 5.39 Å². The van der Waals surface area contributed by atoms with Gasteiger partial charge in [0.05, 0.1) is 11.3 Å². The van der Waals surface area contributed by atoms with Crippen molar-refractivity contribution in [1.29, 1.82) is 0 Å². The van der Waals surface area contributed by atoms with Crippen LogP contribution in [0, 0.1) is 0 Å². The Morgan fingerprint density at radius 3 is 2.72 bits per heavy atom. The predicted octanol–water partition coefficient (Wildman–Crippen LogP) is 3.50. The molecule has 18 heavy (non-hydrogen) atoms. The van der Waals surface area contributed by atoms with Crippen LogP contribution in [0.1, 0.15) is 38.2 Å². The summed E-state index contributed by atoms with van der Waals surface area (Å²) in [6, 6.07) is 7.41. The first-order chi connectivity index (χ1) is 8.74. The van der Waals surface area contributed by atoms with Crippen LogP contribution in [0.3, 0.4) is 0 Å². The third-order valence-corrected chi connectivity index (χ3v) is 3.23. The summed E-state index contributed by atoms with van der Waals surface area (Å²) in [5, 5.41) is 0.836. The van der Waals surface area contributed by atoms with Crippen molar-refractivity contribution in [2.75, 3.05) is 5.73 Å². The Balaban J connectivity index is 2.30. The van der Waals surface area contributed by atoms with Crippen LogP contribution in [0.15, 0.2) is 33.5 Å². The van der Waals surface area contributed by atoms with Crippen LogP contribution < -0.4 is 11.4 Å². The lowest BCUT2D eigenvalue weighted by Crippen LogP contribution is -2.11. The highest BCUT2D eigenvalue weighted by atomic mass is 16.4. The van der Waals surface area contributed by atoms with Gasteiger partial charge < -0.3 is 10.2 Å². The molecule has 0 aliphatic heterocycles. The van der Waals surface area contributed by atoms with E-state index in [9.17, 15) is 4.79 Å². The van der Waals surface area contributed by atoms with Crippen LogP contribution in [0.4, 0.5) is 5.69 Å². The quantitative estimate of drug-likeness (QED) is 0.648. The van der Waals surface area contributed by atoms with E-state index in [0.29, 0.717) is 23.3 Å². The second-order valence-electron chi connectivity index (χ2n) is 4.59.